The monoisotopic (exact) mass is 392 g/mol. The molecule has 2 heterocycles. The Morgan fingerprint density at radius 1 is 1.30 bits per heavy atom. The maximum atomic E-state index is 15.1. The number of aromatic nitrogens is 1. The summed E-state index contributed by atoms with van der Waals surface area (Å²) in [5, 5.41) is 0.0333. The van der Waals surface area contributed by atoms with Gasteiger partial charge in [0.15, 0.2) is 11.6 Å². The highest BCUT2D eigenvalue weighted by Crippen LogP contribution is 2.37. The lowest BCUT2D eigenvalue weighted by Gasteiger charge is -2.30. The first-order valence-corrected chi connectivity index (χ1v) is 9.66. The number of fused-ring (bicyclic) bond motifs is 1. The van der Waals surface area contributed by atoms with Gasteiger partial charge in [0.05, 0.1) is 18.2 Å². The van der Waals surface area contributed by atoms with Crippen LogP contribution < -0.4 is 0 Å². The molecule has 1 aliphatic heterocycles. The van der Waals surface area contributed by atoms with E-state index in [-0.39, 0.29) is 15.8 Å². The number of ether oxygens (including phenoxy) is 1. The second-order valence-electron chi connectivity index (χ2n) is 6.79. The van der Waals surface area contributed by atoms with Gasteiger partial charge in [-0.2, -0.15) is 0 Å². The third-order valence-corrected chi connectivity index (χ3v) is 5.70. The first kappa shape index (κ1) is 19.6. The molecule has 27 heavy (non-hydrogen) atoms. The van der Waals surface area contributed by atoms with E-state index in [1.165, 1.54) is 7.11 Å². The minimum atomic E-state index is -0.660. The number of thioether (sulfide) groups is 1. The van der Waals surface area contributed by atoms with Crippen molar-refractivity contribution in [1.29, 1.82) is 0 Å². The van der Waals surface area contributed by atoms with E-state index in [0.717, 1.165) is 34.6 Å². The van der Waals surface area contributed by atoms with Crippen molar-refractivity contribution in [3.05, 3.63) is 46.7 Å². The molecule has 0 radical (unpaired) electrons. The highest BCUT2D eigenvalue weighted by molar-refractivity contribution is 7.99. The van der Waals surface area contributed by atoms with Crippen molar-refractivity contribution in [2.75, 3.05) is 13.7 Å². The van der Waals surface area contributed by atoms with Crippen molar-refractivity contribution in [2.45, 2.75) is 43.9 Å². The number of hydrogen-bond acceptors (Lipinski definition) is 4. The molecule has 144 valence electrons. The number of pyridine rings is 1. The SMILES string of the molecule is COC(=O)N1CCc2c(C)ccc(-c3ncc(F)c(SC(C)C)c3F)c2C1. The first-order chi connectivity index (χ1) is 12.8. The molecule has 7 heteroatoms. The number of rotatable bonds is 3. The summed E-state index contributed by atoms with van der Waals surface area (Å²) in [5.41, 5.74) is 3.70. The van der Waals surface area contributed by atoms with Gasteiger partial charge in [0.25, 0.3) is 0 Å². The largest absolute Gasteiger partial charge is 0.453 e. The van der Waals surface area contributed by atoms with Crippen molar-refractivity contribution >= 4 is 17.9 Å². The summed E-state index contributed by atoms with van der Waals surface area (Å²) >= 11 is 1.14. The maximum absolute atomic E-state index is 15.1. The number of amides is 1. The Balaban J connectivity index is 2.13. The Bertz CT molecular complexity index is 887. The molecular formula is C20H22F2N2O2S. The second kappa shape index (κ2) is 7.84. The zero-order valence-electron chi connectivity index (χ0n) is 15.8. The normalized spacial score (nSPS) is 13.7. The van der Waals surface area contributed by atoms with Gasteiger partial charge >= 0.3 is 6.09 Å². The average molecular weight is 392 g/mol. The van der Waals surface area contributed by atoms with Crippen LogP contribution in [0.5, 0.6) is 0 Å². The molecule has 0 saturated heterocycles. The fourth-order valence-electron chi connectivity index (χ4n) is 3.34. The van der Waals surface area contributed by atoms with Crippen molar-refractivity contribution in [3.63, 3.8) is 0 Å². The van der Waals surface area contributed by atoms with Gasteiger partial charge in [-0.05, 0) is 30.0 Å². The molecule has 1 aromatic heterocycles. The third kappa shape index (κ3) is 3.78. The Morgan fingerprint density at radius 2 is 2.04 bits per heavy atom. The fourth-order valence-corrected chi connectivity index (χ4v) is 4.18. The second-order valence-corrected chi connectivity index (χ2v) is 8.38. The molecule has 0 N–H and O–H groups in total. The van der Waals surface area contributed by atoms with E-state index in [9.17, 15) is 9.18 Å². The summed E-state index contributed by atoms with van der Waals surface area (Å²) in [6.45, 7) is 6.60. The standard InChI is InChI=1S/C20H22F2N2O2S/c1-11(2)27-19-16(21)9-23-18(17(19)22)14-6-5-12(3)13-7-8-24(10-15(13)14)20(25)26-4/h5-6,9,11H,7-8,10H2,1-4H3. The van der Waals surface area contributed by atoms with Gasteiger partial charge in [0.1, 0.15) is 5.69 Å². The number of halogens is 2. The number of hydrogen-bond donors (Lipinski definition) is 0. The van der Waals surface area contributed by atoms with Crippen LogP contribution in [-0.2, 0) is 17.7 Å². The number of benzene rings is 1. The van der Waals surface area contributed by atoms with E-state index >= 15 is 4.39 Å². The van der Waals surface area contributed by atoms with Gasteiger partial charge in [-0.15, -0.1) is 11.8 Å². The molecule has 3 rings (SSSR count). The van der Waals surface area contributed by atoms with Crippen molar-refractivity contribution in [2.24, 2.45) is 0 Å². The van der Waals surface area contributed by atoms with Crippen LogP contribution in [-0.4, -0.2) is 34.9 Å². The van der Waals surface area contributed by atoms with Gasteiger partial charge in [-0.3, -0.25) is 4.98 Å². The van der Waals surface area contributed by atoms with Crippen LogP contribution >= 0.6 is 11.8 Å². The van der Waals surface area contributed by atoms with Gasteiger partial charge in [0, 0.05) is 23.9 Å². The van der Waals surface area contributed by atoms with Gasteiger partial charge in [-0.1, -0.05) is 26.0 Å². The zero-order chi connectivity index (χ0) is 19.7. The summed E-state index contributed by atoms with van der Waals surface area (Å²) in [7, 11) is 1.34. The zero-order valence-corrected chi connectivity index (χ0v) is 16.6. The smallest absolute Gasteiger partial charge is 0.409 e. The molecular weight excluding hydrogens is 370 g/mol. The van der Waals surface area contributed by atoms with Crippen LogP contribution in [0.15, 0.2) is 23.2 Å². The molecule has 0 bridgehead atoms. The van der Waals surface area contributed by atoms with Crippen LogP contribution in [0.4, 0.5) is 13.6 Å². The summed E-state index contributed by atoms with van der Waals surface area (Å²) in [5.74, 6) is -1.32. The number of nitrogens with zero attached hydrogens (tertiary/aromatic N) is 2. The average Bonchev–Trinajstić information content (AvgIpc) is 2.65. The van der Waals surface area contributed by atoms with Crippen LogP contribution in [0.25, 0.3) is 11.3 Å². The first-order valence-electron chi connectivity index (χ1n) is 8.78. The van der Waals surface area contributed by atoms with Crippen molar-refractivity contribution in [3.8, 4) is 11.3 Å². The molecule has 0 aliphatic carbocycles. The van der Waals surface area contributed by atoms with E-state index < -0.39 is 17.7 Å². The molecule has 0 atom stereocenters. The predicted octanol–water partition coefficient (Wildman–Crippen LogP) is 4.96. The van der Waals surface area contributed by atoms with Crippen molar-refractivity contribution < 1.29 is 18.3 Å². The minimum absolute atomic E-state index is 0.0232. The molecule has 0 saturated carbocycles. The summed E-state index contributed by atoms with van der Waals surface area (Å²) in [4.78, 5) is 17.6. The highest BCUT2D eigenvalue weighted by atomic mass is 32.2. The van der Waals surface area contributed by atoms with Crippen LogP contribution in [0.3, 0.4) is 0 Å². The lowest BCUT2D eigenvalue weighted by molar-refractivity contribution is 0.118. The number of aryl methyl sites for hydroxylation is 1. The topological polar surface area (TPSA) is 42.4 Å². The predicted molar refractivity (Wildman–Crippen MR) is 102 cm³/mol. The maximum Gasteiger partial charge on any atom is 0.409 e. The lowest BCUT2D eigenvalue weighted by atomic mass is 9.89. The van der Waals surface area contributed by atoms with Crippen LogP contribution in [0, 0.1) is 18.6 Å². The molecule has 2 aromatic rings. The Hall–Kier alpha value is -2.15. The Morgan fingerprint density at radius 3 is 2.70 bits per heavy atom. The summed E-state index contributed by atoms with van der Waals surface area (Å²) < 4.78 is 34.1. The molecule has 1 aromatic carbocycles. The quantitative estimate of drug-likeness (QED) is 0.693. The number of carbonyl (C=O) groups excluding carboxylic acids is 1. The van der Waals surface area contributed by atoms with Gasteiger partial charge < -0.3 is 9.64 Å². The Kier molecular flexibility index (Phi) is 5.69. The van der Waals surface area contributed by atoms with E-state index in [4.69, 9.17) is 4.74 Å². The minimum Gasteiger partial charge on any atom is -0.453 e. The molecule has 0 fully saturated rings. The van der Waals surface area contributed by atoms with Gasteiger partial charge in [0.2, 0.25) is 0 Å². The van der Waals surface area contributed by atoms with Crippen molar-refractivity contribution in [1.82, 2.24) is 9.88 Å². The molecule has 4 nitrogen and oxygen atoms in total. The highest BCUT2D eigenvalue weighted by Gasteiger charge is 2.27. The Labute approximate surface area is 161 Å². The van der Waals surface area contributed by atoms with E-state index in [0.29, 0.717) is 25.1 Å². The summed E-state index contributed by atoms with van der Waals surface area (Å²) in [6.07, 6.45) is 1.30. The number of methoxy groups -OCH3 is 1. The molecule has 1 amide bonds. The van der Waals surface area contributed by atoms with E-state index in [1.807, 2.05) is 26.8 Å². The number of carbonyl (C=O) groups is 1. The van der Waals surface area contributed by atoms with Crippen LogP contribution in [0.2, 0.25) is 0 Å². The lowest BCUT2D eigenvalue weighted by Crippen LogP contribution is -2.36. The van der Waals surface area contributed by atoms with Gasteiger partial charge in [-0.25, -0.2) is 13.6 Å². The van der Waals surface area contributed by atoms with Crippen LogP contribution in [0.1, 0.15) is 30.5 Å². The summed E-state index contributed by atoms with van der Waals surface area (Å²) in [6, 6.07) is 3.71. The third-order valence-electron chi connectivity index (χ3n) is 4.62. The molecule has 0 spiro atoms. The fraction of sp³-hybridized carbons (Fsp3) is 0.400. The molecule has 0 unspecified atom stereocenters. The van der Waals surface area contributed by atoms with E-state index in [1.54, 1.807) is 11.0 Å². The molecule has 1 aliphatic rings. The van der Waals surface area contributed by atoms with E-state index in [2.05, 4.69) is 4.98 Å².